The number of piperazine rings is 1. The van der Waals surface area contributed by atoms with Crippen molar-refractivity contribution in [2.45, 2.75) is 39.0 Å². The molecule has 1 aliphatic rings. The molecule has 10 heteroatoms. The number of nitrogens with two attached hydrogens (primary N) is 1. The van der Waals surface area contributed by atoms with Crippen LogP contribution in [-0.2, 0) is 0 Å². The number of halogens is 3. The van der Waals surface area contributed by atoms with Gasteiger partial charge in [-0.05, 0) is 45.0 Å². The molecule has 1 fully saturated rings. The van der Waals surface area contributed by atoms with Gasteiger partial charge in [0.25, 0.3) is 11.8 Å². The van der Waals surface area contributed by atoms with E-state index in [1.165, 1.54) is 18.3 Å². The summed E-state index contributed by atoms with van der Waals surface area (Å²) in [5.41, 5.74) is 7.98. The number of rotatable bonds is 5. The van der Waals surface area contributed by atoms with E-state index in [1.807, 2.05) is 11.0 Å². The molecular weight excluding hydrogens is 492 g/mol. The first-order valence-electron chi connectivity index (χ1n) is 11.2. The van der Waals surface area contributed by atoms with E-state index in [0.717, 1.165) is 0 Å². The van der Waals surface area contributed by atoms with E-state index < -0.39 is 11.9 Å². The lowest BCUT2D eigenvalue weighted by atomic mass is 10.1. The maximum absolute atomic E-state index is 14.0. The van der Waals surface area contributed by atoms with Gasteiger partial charge < -0.3 is 20.7 Å². The summed E-state index contributed by atoms with van der Waals surface area (Å²) in [7, 11) is 0. The van der Waals surface area contributed by atoms with E-state index in [1.54, 1.807) is 25.1 Å². The summed E-state index contributed by atoms with van der Waals surface area (Å²) in [6, 6.07) is 10.2. The summed E-state index contributed by atoms with van der Waals surface area (Å²) in [6.45, 7) is 7.05. The van der Waals surface area contributed by atoms with Crippen LogP contribution in [0.4, 0.5) is 10.2 Å². The first-order chi connectivity index (χ1) is 16.6. The highest BCUT2D eigenvalue weighted by molar-refractivity contribution is 6.36. The number of carbonyl (C=O) groups excluding carboxylic acids is 1. The molecular formula is C25H26Cl2FN5O2. The van der Waals surface area contributed by atoms with E-state index in [-0.39, 0.29) is 45.3 Å². The highest BCUT2D eigenvalue weighted by Gasteiger charge is 2.26. The number of benzene rings is 2. The van der Waals surface area contributed by atoms with Gasteiger partial charge in [0.2, 0.25) is 0 Å². The zero-order valence-corrected chi connectivity index (χ0v) is 21.1. The third-order valence-electron chi connectivity index (χ3n) is 5.79. The van der Waals surface area contributed by atoms with E-state index in [2.05, 4.69) is 29.1 Å². The van der Waals surface area contributed by atoms with E-state index in [9.17, 15) is 9.18 Å². The van der Waals surface area contributed by atoms with Crippen molar-refractivity contribution in [3.8, 4) is 17.1 Å². The van der Waals surface area contributed by atoms with Crippen molar-refractivity contribution in [1.29, 1.82) is 0 Å². The molecule has 3 N–H and O–H groups in total. The summed E-state index contributed by atoms with van der Waals surface area (Å²) in [5.74, 6) is -0.548. The van der Waals surface area contributed by atoms with Gasteiger partial charge in [0, 0.05) is 46.9 Å². The van der Waals surface area contributed by atoms with Crippen molar-refractivity contribution in [1.82, 2.24) is 20.2 Å². The molecule has 184 valence electrons. The smallest absolute Gasteiger partial charge is 0.258 e. The van der Waals surface area contributed by atoms with Crippen molar-refractivity contribution >= 4 is 34.9 Å². The predicted octanol–water partition coefficient (Wildman–Crippen LogP) is 5.13. The molecule has 0 bridgehead atoms. The van der Waals surface area contributed by atoms with Crippen LogP contribution in [0.3, 0.4) is 0 Å². The maximum atomic E-state index is 14.0. The number of ether oxygens (including phenoxy) is 1. The number of nitrogens with zero attached hydrogens (tertiary/aromatic N) is 3. The maximum Gasteiger partial charge on any atom is 0.258 e. The topological polar surface area (TPSA) is 93.4 Å². The lowest BCUT2D eigenvalue weighted by molar-refractivity contribution is 0.0674. The fourth-order valence-electron chi connectivity index (χ4n) is 4.24. The van der Waals surface area contributed by atoms with E-state index in [4.69, 9.17) is 33.7 Å². The van der Waals surface area contributed by atoms with Crippen molar-refractivity contribution in [2.24, 2.45) is 0 Å². The van der Waals surface area contributed by atoms with Crippen molar-refractivity contribution in [3.05, 3.63) is 69.6 Å². The van der Waals surface area contributed by atoms with Crippen LogP contribution in [0.15, 0.2) is 42.6 Å². The fraction of sp³-hybridized carbons (Fsp3) is 0.320. The van der Waals surface area contributed by atoms with Crippen LogP contribution in [0, 0.1) is 5.82 Å². The van der Waals surface area contributed by atoms with Crippen LogP contribution in [0.1, 0.15) is 42.8 Å². The Morgan fingerprint density at radius 3 is 2.66 bits per heavy atom. The summed E-state index contributed by atoms with van der Waals surface area (Å²) >= 11 is 12.3. The minimum atomic E-state index is -0.748. The first-order valence-corrected chi connectivity index (χ1v) is 12.0. The molecule has 35 heavy (non-hydrogen) atoms. The lowest BCUT2D eigenvalue weighted by Crippen LogP contribution is -2.55. The van der Waals surface area contributed by atoms with Gasteiger partial charge in [0.05, 0.1) is 16.9 Å². The van der Waals surface area contributed by atoms with Crippen molar-refractivity contribution in [3.63, 3.8) is 0 Å². The van der Waals surface area contributed by atoms with Crippen molar-refractivity contribution < 1.29 is 13.9 Å². The van der Waals surface area contributed by atoms with Gasteiger partial charge in [-0.3, -0.25) is 4.79 Å². The van der Waals surface area contributed by atoms with Gasteiger partial charge in [-0.2, -0.15) is 0 Å². The molecule has 1 saturated heterocycles. The molecule has 0 spiro atoms. The molecule has 0 radical (unpaired) electrons. The van der Waals surface area contributed by atoms with Gasteiger partial charge in [-0.15, -0.1) is 0 Å². The molecule has 2 heterocycles. The molecule has 1 aliphatic heterocycles. The molecule has 3 atom stereocenters. The Balaban J connectivity index is 1.60. The van der Waals surface area contributed by atoms with Gasteiger partial charge in [-0.1, -0.05) is 35.3 Å². The molecule has 2 aromatic carbocycles. The van der Waals surface area contributed by atoms with Gasteiger partial charge in [0.1, 0.15) is 11.9 Å². The average molecular weight is 518 g/mol. The van der Waals surface area contributed by atoms with Crippen LogP contribution in [0.2, 0.25) is 10.0 Å². The van der Waals surface area contributed by atoms with Crippen LogP contribution in [0.5, 0.6) is 5.88 Å². The Hall–Kier alpha value is -2.94. The molecule has 1 aromatic heterocycles. The number of amides is 1. The molecule has 7 nitrogen and oxygen atoms in total. The van der Waals surface area contributed by atoms with Crippen LogP contribution in [0.25, 0.3) is 11.3 Å². The number of nitrogens with one attached hydrogen (secondary N) is 1. The van der Waals surface area contributed by atoms with Crippen LogP contribution < -0.4 is 15.8 Å². The third kappa shape index (κ3) is 5.50. The van der Waals surface area contributed by atoms with E-state index >= 15 is 0 Å². The summed E-state index contributed by atoms with van der Waals surface area (Å²) in [5, 5.41) is 3.56. The quantitative estimate of drug-likeness (QED) is 0.455. The SMILES string of the molecule is CC(Oc1nc(-c2cccc(C(=O)N3C[C@@H](C)N[C@@H](C)C3)c2)cnc1N)c1c(Cl)ccc(F)c1Cl. The monoisotopic (exact) mass is 517 g/mol. The standard InChI is InChI=1S/C25H26Cl2FN5O2/c1-13-11-33(12-14(2)31-13)25(34)17-6-4-5-16(9-17)20-10-30-23(29)24(32-20)35-15(3)21-18(26)7-8-19(28)22(21)27/h4-10,13-15,31H,11-12H2,1-3H3,(H2,29,30)/t13-,14+,15?. The second-order valence-corrected chi connectivity index (χ2v) is 9.51. The van der Waals surface area contributed by atoms with Crippen LogP contribution in [-0.4, -0.2) is 45.9 Å². The highest BCUT2D eigenvalue weighted by atomic mass is 35.5. The van der Waals surface area contributed by atoms with Gasteiger partial charge in [0.15, 0.2) is 5.82 Å². The zero-order valence-electron chi connectivity index (χ0n) is 19.6. The number of aromatic nitrogens is 2. The van der Waals surface area contributed by atoms with Gasteiger partial charge in [-0.25, -0.2) is 14.4 Å². The lowest BCUT2D eigenvalue weighted by Gasteiger charge is -2.36. The third-order valence-corrected chi connectivity index (χ3v) is 6.51. The minimum absolute atomic E-state index is 0.0454. The van der Waals surface area contributed by atoms with Gasteiger partial charge >= 0.3 is 0 Å². The van der Waals surface area contributed by atoms with Crippen LogP contribution >= 0.6 is 23.2 Å². The fourth-order valence-corrected chi connectivity index (χ4v) is 4.91. The average Bonchev–Trinajstić information content (AvgIpc) is 2.82. The second kappa shape index (κ2) is 10.4. The first kappa shape index (κ1) is 25.2. The Morgan fingerprint density at radius 2 is 1.94 bits per heavy atom. The Morgan fingerprint density at radius 1 is 1.23 bits per heavy atom. The highest BCUT2D eigenvalue weighted by Crippen LogP contribution is 2.35. The molecule has 1 amide bonds. The normalized spacial score (nSPS) is 18.9. The molecule has 3 aromatic rings. The number of carbonyl (C=O) groups is 1. The van der Waals surface area contributed by atoms with Crippen molar-refractivity contribution in [2.75, 3.05) is 18.8 Å². The number of anilines is 1. The number of hydrogen-bond acceptors (Lipinski definition) is 6. The minimum Gasteiger partial charge on any atom is -0.467 e. The summed E-state index contributed by atoms with van der Waals surface area (Å²) in [6.07, 6.45) is 0.759. The Kier molecular flexibility index (Phi) is 7.44. The summed E-state index contributed by atoms with van der Waals surface area (Å²) in [4.78, 5) is 23.7. The molecule has 0 aliphatic carbocycles. The number of hydrogen-bond donors (Lipinski definition) is 2. The Bertz CT molecular complexity index is 1250. The predicted molar refractivity (Wildman–Crippen MR) is 135 cm³/mol. The zero-order chi connectivity index (χ0) is 25.3. The molecule has 1 unspecified atom stereocenters. The molecule has 0 saturated carbocycles. The Labute approximate surface area is 213 Å². The van der Waals surface area contributed by atoms with E-state index in [0.29, 0.717) is 29.9 Å². The second-order valence-electron chi connectivity index (χ2n) is 8.72. The largest absolute Gasteiger partial charge is 0.467 e. The summed E-state index contributed by atoms with van der Waals surface area (Å²) < 4.78 is 19.9. The number of nitrogen functional groups attached to an aromatic ring is 1. The molecule has 4 rings (SSSR count).